The number of carboxylic acid groups (broad SMARTS) is 1. The van der Waals surface area contributed by atoms with Gasteiger partial charge in [-0.25, -0.2) is 0 Å². The second-order valence-corrected chi connectivity index (χ2v) is 3.37. The highest BCUT2D eigenvalue weighted by Crippen LogP contribution is 2.11. The molecule has 0 aliphatic carbocycles. The maximum Gasteiger partial charge on any atom is 0.324 e. The molecule has 1 aliphatic heterocycles. The van der Waals surface area contributed by atoms with Gasteiger partial charge in [-0.1, -0.05) is 0 Å². The molecule has 0 radical (unpaired) electrons. The van der Waals surface area contributed by atoms with Gasteiger partial charge in [0.2, 0.25) is 0 Å². The van der Waals surface area contributed by atoms with E-state index in [2.05, 4.69) is 22.4 Å². The van der Waals surface area contributed by atoms with Gasteiger partial charge in [-0.2, -0.15) is 5.10 Å². The van der Waals surface area contributed by atoms with Crippen molar-refractivity contribution in [2.75, 3.05) is 20.1 Å². The van der Waals surface area contributed by atoms with E-state index >= 15 is 0 Å². The molecule has 1 heterocycles. The Labute approximate surface area is 77.4 Å². The zero-order valence-electron chi connectivity index (χ0n) is 7.95. The predicted molar refractivity (Wildman–Crippen MR) is 49.8 cm³/mol. The number of hydrazone groups is 1. The number of hydrogen-bond acceptors (Lipinski definition) is 4. The molecule has 74 valence electrons. The Hall–Kier alpha value is -1.10. The third-order valence-electron chi connectivity index (χ3n) is 2.18. The van der Waals surface area contributed by atoms with E-state index < -0.39 is 5.97 Å². The summed E-state index contributed by atoms with van der Waals surface area (Å²) in [5.74, 6) is -0.885. The van der Waals surface area contributed by atoms with E-state index in [-0.39, 0.29) is 6.54 Å². The number of nitrogens with one attached hydrogen (secondary N) is 1. The zero-order chi connectivity index (χ0) is 9.84. The van der Waals surface area contributed by atoms with Crippen LogP contribution < -0.4 is 5.43 Å². The molecule has 0 bridgehead atoms. The van der Waals surface area contributed by atoms with Crippen LogP contribution in [0.25, 0.3) is 0 Å². The van der Waals surface area contributed by atoms with Crippen LogP contribution in [0.3, 0.4) is 0 Å². The van der Waals surface area contributed by atoms with E-state index in [4.69, 9.17) is 5.11 Å². The molecule has 1 fully saturated rings. The summed E-state index contributed by atoms with van der Waals surface area (Å²) >= 11 is 0. The minimum Gasteiger partial charge on any atom is -0.480 e. The van der Waals surface area contributed by atoms with Gasteiger partial charge in [0.15, 0.2) is 0 Å². The lowest BCUT2D eigenvalue weighted by molar-refractivity contribution is -0.135. The Kier molecular flexibility index (Phi) is 3.25. The molecule has 5 nitrogen and oxygen atoms in total. The van der Waals surface area contributed by atoms with Crippen LogP contribution in [0.1, 0.15) is 13.3 Å². The summed E-state index contributed by atoms with van der Waals surface area (Å²) in [6, 6.07) is 0.505. The van der Waals surface area contributed by atoms with Gasteiger partial charge < -0.3 is 5.11 Å². The van der Waals surface area contributed by atoms with Gasteiger partial charge in [-0.15, -0.1) is 0 Å². The molecule has 1 atom stereocenters. The van der Waals surface area contributed by atoms with Crippen molar-refractivity contribution in [2.45, 2.75) is 19.4 Å². The lowest BCUT2D eigenvalue weighted by Crippen LogP contribution is -2.22. The Balaban J connectivity index is 2.33. The van der Waals surface area contributed by atoms with Crippen molar-refractivity contribution in [1.82, 2.24) is 10.3 Å². The quantitative estimate of drug-likeness (QED) is 0.595. The summed E-state index contributed by atoms with van der Waals surface area (Å²) in [5, 5.41) is 12.4. The highest BCUT2D eigenvalue weighted by Gasteiger charge is 2.21. The topological polar surface area (TPSA) is 64.9 Å². The third kappa shape index (κ3) is 3.02. The van der Waals surface area contributed by atoms with E-state index in [1.54, 1.807) is 0 Å². The summed E-state index contributed by atoms with van der Waals surface area (Å²) < 4.78 is 0. The molecule has 2 N–H and O–H groups in total. The van der Waals surface area contributed by atoms with Crippen molar-refractivity contribution >= 4 is 11.7 Å². The fourth-order valence-corrected chi connectivity index (χ4v) is 1.31. The molecule has 0 amide bonds. The summed E-state index contributed by atoms with van der Waals surface area (Å²) in [5.41, 5.74) is 3.55. The van der Waals surface area contributed by atoms with Crippen LogP contribution in [-0.2, 0) is 4.79 Å². The van der Waals surface area contributed by atoms with Crippen molar-refractivity contribution in [2.24, 2.45) is 5.10 Å². The van der Waals surface area contributed by atoms with Crippen molar-refractivity contribution < 1.29 is 9.90 Å². The van der Waals surface area contributed by atoms with Gasteiger partial charge >= 0.3 is 5.97 Å². The molecule has 0 aromatic carbocycles. The largest absolute Gasteiger partial charge is 0.480 e. The first-order chi connectivity index (χ1) is 6.09. The standard InChI is InChI=1S/C8H15N3O2/c1-6-3-7(5-11(6)2)10-9-4-8(12)13/h6,9H,3-5H2,1-2H3,(H,12,13)/b10-7+. The molecule has 1 rings (SSSR count). The molecular weight excluding hydrogens is 170 g/mol. The molecule has 5 heteroatoms. The van der Waals surface area contributed by atoms with Gasteiger partial charge in [0.05, 0.1) is 5.71 Å². The van der Waals surface area contributed by atoms with Gasteiger partial charge in [0.25, 0.3) is 0 Å². The number of likely N-dealkylation sites (tertiary alicyclic amines) is 1. The summed E-state index contributed by atoms with van der Waals surface area (Å²) in [6.07, 6.45) is 0.920. The Bertz CT molecular complexity index is 215. The molecule has 1 saturated heterocycles. The van der Waals surface area contributed by atoms with Crippen molar-refractivity contribution in [3.63, 3.8) is 0 Å². The highest BCUT2D eigenvalue weighted by molar-refractivity contribution is 5.88. The van der Waals surface area contributed by atoms with E-state index in [9.17, 15) is 4.79 Å². The van der Waals surface area contributed by atoms with Crippen molar-refractivity contribution in [3.05, 3.63) is 0 Å². The van der Waals surface area contributed by atoms with Crippen LogP contribution in [-0.4, -0.2) is 47.9 Å². The first-order valence-corrected chi connectivity index (χ1v) is 4.30. The number of aliphatic carboxylic acids is 1. The third-order valence-corrected chi connectivity index (χ3v) is 2.18. The van der Waals surface area contributed by atoms with Gasteiger partial charge in [0, 0.05) is 19.0 Å². The second-order valence-electron chi connectivity index (χ2n) is 3.37. The van der Waals surface area contributed by atoms with E-state index in [1.165, 1.54) is 0 Å². The first-order valence-electron chi connectivity index (χ1n) is 4.30. The summed E-state index contributed by atoms with van der Waals surface area (Å²) in [4.78, 5) is 12.3. The number of carbonyl (C=O) groups is 1. The van der Waals surface area contributed by atoms with Gasteiger partial charge in [-0.3, -0.25) is 15.1 Å². The maximum atomic E-state index is 10.2. The van der Waals surface area contributed by atoms with Crippen LogP contribution in [0.5, 0.6) is 0 Å². The summed E-state index contributed by atoms with van der Waals surface area (Å²) in [7, 11) is 2.03. The molecule has 0 aromatic rings. The van der Waals surface area contributed by atoms with E-state index in [1.807, 2.05) is 7.05 Å². The fraction of sp³-hybridized carbons (Fsp3) is 0.750. The Morgan fingerprint density at radius 1 is 1.85 bits per heavy atom. The number of hydrogen-bond donors (Lipinski definition) is 2. The number of carboxylic acids is 1. The highest BCUT2D eigenvalue weighted by atomic mass is 16.4. The molecule has 0 aromatic heterocycles. The van der Waals surface area contributed by atoms with Gasteiger partial charge in [-0.05, 0) is 14.0 Å². The minimum atomic E-state index is -0.885. The lowest BCUT2D eigenvalue weighted by atomic mass is 10.2. The average molecular weight is 185 g/mol. The normalized spacial score (nSPS) is 26.6. The molecule has 0 spiro atoms. The predicted octanol–water partition coefficient (Wildman–Crippen LogP) is -0.259. The van der Waals surface area contributed by atoms with Crippen molar-refractivity contribution in [3.8, 4) is 0 Å². The van der Waals surface area contributed by atoms with E-state index in [0.29, 0.717) is 6.04 Å². The fourth-order valence-electron chi connectivity index (χ4n) is 1.31. The molecular formula is C8H15N3O2. The van der Waals surface area contributed by atoms with Gasteiger partial charge in [0.1, 0.15) is 6.54 Å². The molecule has 13 heavy (non-hydrogen) atoms. The maximum absolute atomic E-state index is 10.2. The van der Waals surface area contributed by atoms with Crippen LogP contribution in [0, 0.1) is 0 Å². The molecule has 1 aliphatic rings. The zero-order valence-corrected chi connectivity index (χ0v) is 7.95. The van der Waals surface area contributed by atoms with Crippen LogP contribution in [0.15, 0.2) is 5.10 Å². The van der Waals surface area contributed by atoms with Crippen molar-refractivity contribution in [1.29, 1.82) is 0 Å². The first kappa shape index (κ1) is 9.98. The Morgan fingerprint density at radius 3 is 3.00 bits per heavy atom. The number of nitrogens with zero attached hydrogens (tertiary/aromatic N) is 2. The monoisotopic (exact) mass is 185 g/mol. The van der Waals surface area contributed by atoms with E-state index in [0.717, 1.165) is 18.7 Å². The SMILES string of the molecule is CC1C/C(=N\NCC(=O)O)CN1C. The van der Waals surface area contributed by atoms with Crippen LogP contribution in [0.2, 0.25) is 0 Å². The van der Waals surface area contributed by atoms with Crippen LogP contribution in [0.4, 0.5) is 0 Å². The summed E-state index contributed by atoms with van der Waals surface area (Å²) in [6.45, 7) is 2.84. The Morgan fingerprint density at radius 2 is 2.54 bits per heavy atom. The second kappa shape index (κ2) is 4.23. The molecule has 1 unspecified atom stereocenters. The average Bonchev–Trinajstić information content (AvgIpc) is 2.30. The minimum absolute atomic E-state index is 0.110. The van der Waals surface area contributed by atoms with Crippen LogP contribution >= 0.6 is 0 Å². The number of rotatable bonds is 3. The smallest absolute Gasteiger partial charge is 0.324 e. The lowest BCUT2D eigenvalue weighted by Gasteiger charge is -2.11. The molecule has 0 saturated carbocycles.